The number of hydrogen-bond donors (Lipinski definition) is 1. The van der Waals surface area contributed by atoms with E-state index >= 15 is 0 Å². The molecule has 18 heavy (non-hydrogen) atoms. The molecule has 0 aromatic rings. The number of amides is 2. The molecule has 1 aliphatic heterocycles. The summed E-state index contributed by atoms with van der Waals surface area (Å²) in [7, 11) is 0. The van der Waals surface area contributed by atoms with E-state index in [1.54, 1.807) is 0 Å². The number of carbonyl (C=O) groups excluding carboxylic acids is 2. The van der Waals surface area contributed by atoms with Crippen LogP contribution >= 0.6 is 0 Å². The molecule has 0 spiro atoms. The molecule has 3 rings (SSSR count). The number of fused-ring (bicyclic) bond motifs is 2. The van der Waals surface area contributed by atoms with Gasteiger partial charge < -0.3 is 10.2 Å². The highest BCUT2D eigenvalue weighted by Gasteiger charge is 2.49. The van der Waals surface area contributed by atoms with E-state index in [0.29, 0.717) is 18.4 Å². The number of carbonyl (C=O) groups is 2. The van der Waals surface area contributed by atoms with E-state index < -0.39 is 5.54 Å². The smallest absolute Gasteiger partial charge is 0.248 e. The maximum absolute atomic E-state index is 12.6. The van der Waals surface area contributed by atoms with E-state index in [-0.39, 0.29) is 18.4 Å². The van der Waals surface area contributed by atoms with E-state index in [2.05, 4.69) is 5.32 Å². The molecule has 4 atom stereocenters. The molecular weight excluding hydrogens is 228 g/mol. The fourth-order valence-electron chi connectivity index (χ4n) is 4.04. The van der Waals surface area contributed by atoms with Crippen LogP contribution in [0.3, 0.4) is 0 Å². The number of nitrogens with one attached hydrogen (secondary N) is 1. The molecule has 4 unspecified atom stereocenters. The van der Waals surface area contributed by atoms with Crippen LogP contribution in [0.2, 0.25) is 0 Å². The second-order valence-corrected chi connectivity index (χ2v) is 6.41. The van der Waals surface area contributed by atoms with E-state index in [1.807, 2.05) is 18.7 Å². The fourth-order valence-corrected chi connectivity index (χ4v) is 4.04. The molecule has 2 saturated carbocycles. The summed E-state index contributed by atoms with van der Waals surface area (Å²) >= 11 is 0. The van der Waals surface area contributed by atoms with E-state index in [9.17, 15) is 9.59 Å². The van der Waals surface area contributed by atoms with Crippen molar-refractivity contribution in [3.05, 3.63) is 0 Å². The van der Waals surface area contributed by atoms with Gasteiger partial charge in [-0.2, -0.15) is 0 Å². The summed E-state index contributed by atoms with van der Waals surface area (Å²) in [6.45, 7) is 4.08. The van der Waals surface area contributed by atoms with Crippen molar-refractivity contribution >= 4 is 11.8 Å². The van der Waals surface area contributed by atoms with Gasteiger partial charge >= 0.3 is 0 Å². The van der Waals surface area contributed by atoms with Crippen LogP contribution in [0, 0.1) is 11.8 Å². The fraction of sp³-hybridized carbons (Fsp3) is 0.857. The van der Waals surface area contributed by atoms with E-state index in [0.717, 1.165) is 12.3 Å². The summed E-state index contributed by atoms with van der Waals surface area (Å²) < 4.78 is 0. The van der Waals surface area contributed by atoms with Crippen LogP contribution < -0.4 is 5.32 Å². The molecule has 3 aliphatic rings. The van der Waals surface area contributed by atoms with Crippen LogP contribution in [0.1, 0.15) is 46.0 Å². The lowest BCUT2D eigenvalue weighted by molar-refractivity contribution is -0.152. The molecule has 4 nitrogen and oxygen atoms in total. The molecule has 2 aliphatic carbocycles. The van der Waals surface area contributed by atoms with E-state index in [1.165, 1.54) is 19.3 Å². The largest absolute Gasteiger partial charge is 0.340 e. The molecule has 4 heteroatoms. The number of rotatable bonds is 2. The lowest BCUT2D eigenvalue weighted by Gasteiger charge is -2.44. The minimum absolute atomic E-state index is 0.00160. The van der Waals surface area contributed by atoms with Crippen LogP contribution in [0.15, 0.2) is 0 Å². The van der Waals surface area contributed by atoms with Gasteiger partial charge in [0.15, 0.2) is 0 Å². The van der Waals surface area contributed by atoms with Crippen molar-refractivity contribution in [2.24, 2.45) is 11.8 Å². The summed E-state index contributed by atoms with van der Waals surface area (Å²) in [5.74, 6) is 1.57. The molecule has 0 aromatic heterocycles. The Kier molecular flexibility index (Phi) is 2.65. The molecule has 0 aromatic carbocycles. The monoisotopic (exact) mass is 250 g/mol. The molecular formula is C14H22N2O2. The first-order valence-corrected chi connectivity index (χ1v) is 7.15. The average molecular weight is 250 g/mol. The van der Waals surface area contributed by atoms with Crippen LogP contribution in [0.25, 0.3) is 0 Å². The van der Waals surface area contributed by atoms with Gasteiger partial charge in [-0.15, -0.1) is 0 Å². The zero-order chi connectivity index (χ0) is 12.9. The Morgan fingerprint density at radius 3 is 2.67 bits per heavy atom. The molecule has 0 radical (unpaired) electrons. The van der Waals surface area contributed by atoms with Gasteiger partial charge in [-0.3, -0.25) is 9.59 Å². The third-order valence-corrected chi connectivity index (χ3v) is 5.27. The standard InChI is InChI=1S/C14H22N2O2/c1-3-14(2)13(18)16(8-12(17)15-14)11-7-9-4-5-10(11)6-9/h9-11H,3-8H2,1-2H3,(H,15,17). The van der Waals surface area contributed by atoms with Crippen molar-refractivity contribution in [1.29, 1.82) is 0 Å². The van der Waals surface area contributed by atoms with Crippen LogP contribution in [-0.4, -0.2) is 34.8 Å². The average Bonchev–Trinajstić information content (AvgIpc) is 2.95. The predicted molar refractivity (Wildman–Crippen MR) is 67.8 cm³/mol. The van der Waals surface area contributed by atoms with Crippen molar-refractivity contribution in [2.45, 2.75) is 57.5 Å². The number of nitrogens with zero attached hydrogens (tertiary/aromatic N) is 1. The van der Waals surface area contributed by atoms with Crippen molar-refractivity contribution in [1.82, 2.24) is 10.2 Å². The van der Waals surface area contributed by atoms with E-state index in [4.69, 9.17) is 0 Å². The van der Waals surface area contributed by atoms with Gasteiger partial charge in [-0.05, 0) is 44.4 Å². The molecule has 2 bridgehead atoms. The molecule has 1 N–H and O–H groups in total. The molecule has 3 fully saturated rings. The first-order chi connectivity index (χ1) is 8.53. The molecule has 1 heterocycles. The highest BCUT2D eigenvalue weighted by Crippen LogP contribution is 2.47. The van der Waals surface area contributed by atoms with Gasteiger partial charge in [0.1, 0.15) is 5.54 Å². The van der Waals surface area contributed by atoms with Gasteiger partial charge in [0.25, 0.3) is 0 Å². The molecule has 100 valence electrons. The third-order valence-electron chi connectivity index (χ3n) is 5.27. The lowest BCUT2D eigenvalue weighted by atomic mass is 9.89. The second-order valence-electron chi connectivity index (χ2n) is 6.41. The zero-order valence-corrected chi connectivity index (χ0v) is 11.2. The van der Waals surface area contributed by atoms with Crippen molar-refractivity contribution in [3.63, 3.8) is 0 Å². The summed E-state index contributed by atoms with van der Waals surface area (Å²) in [4.78, 5) is 26.3. The van der Waals surface area contributed by atoms with Gasteiger partial charge in [-0.1, -0.05) is 13.3 Å². The van der Waals surface area contributed by atoms with Crippen LogP contribution in [0.5, 0.6) is 0 Å². The van der Waals surface area contributed by atoms with Crippen molar-refractivity contribution in [2.75, 3.05) is 6.54 Å². The zero-order valence-electron chi connectivity index (χ0n) is 11.2. The highest BCUT2D eigenvalue weighted by molar-refractivity contribution is 5.97. The Hall–Kier alpha value is -1.06. The lowest BCUT2D eigenvalue weighted by Crippen LogP contribution is -2.67. The second kappa shape index (κ2) is 3.97. The van der Waals surface area contributed by atoms with Crippen molar-refractivity contribution in [3.8, 4) is 0 Å². The minimum Gasteiger partial charge on any atom is -0.340 e. The molecule has 1 saturated heterocycles. The maximum Gasteiger partial charge on any atom is 0.248 e. The van der Waals surface area contributed by atoms with Gasteiger partial charge in [0.2, 0.25) is 11.8 Å². The summed E-state index contributed by atoms with van der Waals surface area (Å²) in [6, 6.07) is 0.327. The summed E-state index contributed by atoms with van der Waals surface area (Å²) in [5, 5.41) is 2.86. The first kappa shape index (κ1) is 12.0. The molecule has 2 amide bonds. The Morgan fingerprint density at radius 1 is 1.33 bits per heavy atom. The van der Waals surface area contributed by atoms with Gasteiger partial charge in [-0.25, -0.2) is 0 Å². The Bertz CT molecular complexity index is 395. The topological polar surface area (TPSA) is 49.4 Å². The summed E-state index contributed by atoms with van der Waals surface area (Å²) in [6.07, 6.45) is 5.60. The summed E-state index contributed by atoms with van der Waals surface area (Å²) in [5.41, 5.74) is -0.683. The van der Waals surface area contributed by atoms with Crippen LogP contribution in [-0.2, 0) is 9.59 Å². The Balaban J connectivity index is 1.83. The number of hydrogen-bond acceptors (Lipinski definition) is 2. The minimum atomic E-state index is -0.683. The first-order valence-electron chi connectivity index (χ1n) is 7.15. The SMILES string of the molecule is CCC1(C)NC(=O)CN(C2CC3CCC2C3)C1=O. The Labute approximate surface area is 108 Å². The quantitative estimate of drug-likeness (QED) is 0.803. The van der Waals surface area contributed by atoms with Crippen molar-refractivity contribution < 1.29 is 9.59 Å². The van der Waals surface area contributed by atoms with Crippen LogP contribution in [0.4, 0.5) is 0 Å². The third kappa shape index (κ3) is 1.65. The Morgan fingerprint density at radius 2 is 2.11 bits per heavy atom. The highest BCUT2D eigenvalue weighted by atomic mass is 16.2. The van der Waals surface area contributed by atoms with Gasteiger partial charge in [0, 0.05) is 6.04 Å². The normalized spacial score (nSPS) is 43.4. The maximum atomic E-state index is 12.6. The number of piperazine rings is 1. The van der Waals surface area contributed by atoms with Gasteiger partial charge in [0.05, 0.1) is 6.54 Å². The predicted octanol–water partition coefficient (Wildman–Crippen LogP) is 1.30.